The number of ether oxygens (including phenoxy) is 3. The number of hydrogen-bond donors (Lipinski definition) is 1. The molecule has 130 valence electrons. The topological polar surface area (TPSA) is 101 Å². The van der Waals surface area contributed by atoms with Crippen molar-refractivity contribution in [3.63, 3.8) is 0 Å². The first-order valence-electron chi connectivity index (χ1n) is 8.07. The summed E-state index contributed by atoms with van der Waals surface area (Å²) < 4.78 is 17.8. The van der Waals surface area contributed by atoms with Crippen LogP contribution in [0.2, 0.25) is 0 Å². The highest BCUT2D eigenvalue weighted by Gasteiger charge is 2.30. The number of nitrogens with zero attached hydrogens (tertiary/aromatic N) is 3. The van der Waals surface area contributed by atoms with Crippen molar-refractivity contribution in [3.05, 3.63) is 24.2 Å². The van der Waals surface area contributed by atoms with Gasteiger partial charge in [-0.3, -0.25) is 0 Å². The molecule has 1 aliphatic rings. The van der Waals surface area contributed by atoms with Gasteiger partial charge in [0.05, 0.1) is 18.4 Å². The molecule has 2 aromatic rings. The Hall–Kier alpha value is -2.35. The zero-order chi connectivity index (χ0) is 17.1. The third-order valence-electron chi connectivity index (χ3n) is 3.87. The molecule has 0 spiro atoms. The van der Waals surface area contributed by atoms with Gasteiger partial charge in [0, 0.05) is 0 Å². The minimum atomic E-state index is -0.649. The monoisotopic (exact) mass is 334 g/mol. The zero-order valence-electron chi connectivity index (χ0n) is 13.8. The highest BCUT2D eigenvalue weighted by atomic mass is 16.7. The molecule has 8 heteroatoms. The second kappa shape index (κ2) is 7.04. The normalized spacial score (nSPS) is 20.6. The van der Waals surface area contributed by atoms with E-state index in [1.54, 1.807) is 4.52 Å². The second-order valence-electron chi connectivity index (χ2n) is 6.29. The maximum Gasteiger partial charge on any atom is 0.508 e. The van der Waals surface area contributed by atoms with Gasteiger partial charge in [0.2, 0.25) is 0 Å². The SMILES string of the molecule is CC(C)COC(=O)OCC1CCC(c2ccc3c(N)ncnn23)O1. The second-order valence-corrected chi connectivity index (χ2v) is 6.29. The molecule has 0 aliphatic carbocycles. The van der Waals surface area contributed by atoms with E-state index in [1.165, 1.54) is 6.33 Å². The number of nitrogen functional groups attached to an aromatic ring is 1. The number of fused-ring (bicyclic) bond motifs is 1. The fourth-order valence-corrected chi connectivity index (χ4v) is 2.70. The van der Waals surface area contributed by atoms with E-state index in [1.807, 2.05) is 26.0 Å². The summed E-state index contributed by atoms with van der Waals surface area (Å²) >= 11 is 0. The Morgan fingerprint density at radius 1 is 1.42 bits per heavy atom. The van der Waals surface area contributed by atoms with E-state index in [2.05, 4.69) is 10.1 Å². The predicted octanol–water partition coefficient (Wildman–Crippen LogP) is 2.34. The van der Waals surface area contributed by atoms with Gasteiger partial charge in [0.1, 0.15) is 24.6 Å². The first-order chi connectivity index (χ1) is 11.5. The van der Waals surface area contributed by atoms with Crippen molar-refractivity contribution < 1.29 is 19.0 Å². The third kappa shape index (κ3) is 3.59. The molecule has 3 rings (SSSR count). The summed E-state index contributed by atoms with van der Waals surface area (Å²) in [6.07, 6.45) is 2.14. The fourth-order valence-electron chi connectivity index (χ4n) is 2.70. The van der Waals surface area contributed by atoms with Crippen molar-refractivity contribution in [3.8, 4) is 0 Å². The Kier molecular flexibility index (Phi) is 4.84. The molecule has 0 amide bonds. The van der Waals surface area contributed by atoms with Crippen LogP contribution in [0.1, 0.15) is 38.5 Å². The molecule has 2 N–H and O–H groups in total. The molecular weight excluding hydrogens is 312 g/mol. The van der Waals surface area contributed by atoms with Crippen molar-refractivity contribution >= 4 is 17.5 Å². The summed E-state index contributed by atoms with van der Waals surface area (Å²) in [5.74, 6) is 0.712. The number of carbonyl (C=O) groups excluding carboxylic acids is 1. The average Bonchev–Trinajstić information content (AvgIpc) is 3.18. The van der Waals surface area contributed by atoms with Crippen LogP contribution < -0.4 is 5.73 Å². The summed E-state index contributed by atoms with van der Waals surface area (Å²) in [6.45, 7) is 4.48. The summed E-state index contributed by atoms with van der Waals surface area (Å²) in [7, 11) is 0. The molecule has 0 aromatic carbocycles. The fraction of sp³-hybridized carbons (Fsp3) is 0.562. The molecule has 1 saturated heterocycles. The summed E-state index contributed by atoms with van der Waals surface area (Å²) in [6, 6.07) is 3.81. The number of hydrogen-bond acceptors (Lipinski definition) is 7. The molecule has 0 saturated carbocycles. The van der Waals surface area contributed by atoms with E-state index in [9.17, 15) is 4.79 Å². The molecule has 24 heavy (non-hydrogen) atoms. The van der Waals surface area contributed by atoms with Crippen LogP contribution in [0.3, 0.4) is 0 Å². The van der Waals surface area contributed by atoms with Crippen LogP contribution in [-0.4, -0.2) is 40.1 Å². The molecule has 1 aliphatic heterocycles. The molecular formula is C16H22N4O4. The number of rotatable bonds is 5. The Morgan fingerprint density at radius 3 is 3.04 bits per heavy atom. The van der Waals surface area contributed by atoms with Gasteiger partial charge in [0.25, 0.3) is 0 Å². The van der Waals surface area contributed by atoms with E-state index in [0.717, 1.165) is 24.1 Å². The number of anilines is 1. The lowest BCUT2D eigenvalue weighted by molar-refractivity contribution is -0.0192. The molecule has 3 heterocycles. The van der Waals surface area contributed by atoms with E-state index in [0.29, 0.717) is 12.4 Å². The number of nitrogens with two attached hydrogens (primary N) is 1. The van der Waals surface area contributed by atoms with Gasteiger partial charge >= 0.3 is 6.16 Å². The first-order valence-corrected chi connectivity index (χ1v) is 8.07. The quantitative estimate of drug-likeness (QED) is 0.837. The lowest BCUT2D eigenvalue weighted by atomic mass is 10.1. The molecule has 2 atom stereocenters. The maximum absolute atomic E-state index is 11.5. The van der Waals surface area contributed by atoms with Crippen molar-refractivity contribution in [1.29, 1.82) is 0 Å². The Bertz CT molecular complexity index is 715. The lowest BCUT2D eigenvalue weighted by Crippen LogP contribution is -2.20. The predicted molar refractivity (Wildman–Crippen MR) is 86.4 cm³/mol. The first kappa shape index (κ1) is 16.5. The van der Waals surface area contributed by atoms with Crippen LogP contribution in [0.15, 0.2) is 18.5 Å². The van der Waals surface area contributed by atoms with Gasteiger partial charge in [-0.2, -0.15) is 5.10 Å². The summed E-state index contributed by atoms with van der Waals surface area (Å²) in [4.78, 5) is 15.5. The van der Waals surface area contributed by atoms with Crippen molar-refractivity contribution in [1.82, 2.24) is 14.6 Å². The molecule has 1 fully saturated rings. The van der Waals surface area contributed by atoms with E-state index in [4.69, 9.17) is 19.9 Å². The average molecular weight is 334 g/mol. The van der Waals surface area contributed by atoms with Gasteiger partial charge in [-0.25, -0.2) is 14.3 Å². The van der Waals surface area contributed by atoms with Gasteiger partial charge in [-0.15, -0.1) is 0 Å². The van der Waals surface area contributed by atoms with Gasteiger partial charge in [0.15, 0.2) is 5.82 Å². The Labute approximate surface area is 139 Å². The Morgan fingerprint density at radius 2 is 2.25 bits per heavy atom. The van der Waals surface area contributed by atoms with Gasteiger partial charge in [-0.1, -0.05) is 13.8 Å². The van der Waals surface area contributed by atoms with E-state index in [-0.39, 0.29) is 24.7 Å². The van der Waals surface area contributed by atoms with Gasteiger partial charge in [-0.05, 0) is 30.9 Å². The third-order valence-corrected chi connectivity index (χ3v) is 3.87. The van der Waals surface area contributed by atoms with E-state index >= 15 is 0 Å². The molecule has 2 unspecified atom stereocenters. The van der Waals surface area contributed by atoms with Crippen LogP contribution >= 0.6 is 0 Å². The van der Waals surface area contributed by atoms with Crippen LogP contribution in [0, 0.1) is 5.92 Å². The molecule has 2 aromatic heterocycles. The minimum Gasteiger partial charge on any atom is -0.434 e. The highest BCUT2D eigenvalue weighted by molar-refractivity contribution is 5.65. The van der Waals surface area contributed by atoms with Crippen LogP contribution in [0.5, 0.6) is 0 Å². The molecule has 0 radical (unpaired) electrons. The largest absolute Gasteiger partial charge is 0.508 e. The maximum atomic E-state index is 11.5. The van der Waals surface area contributed by atoms with Crippen LogP contribution in [0.4, 0.5) is 10.6 Å². The minimum absolute atomic E-state index is 0.109. The zero-order valence-corrected chi connectivity index (χ0v) is 13.8. The van der Waals surface area contributed by atoms with Crippen LogP contribution in [-0.2, 0) is 14.2 Å². The molecule has 8 nitrogen and oxygen atoms in total. The number of carbonyl (C=O) groups is 1. The highest BCUT2D eigenvalue weighted by Crippen LogP contribution is 2.33. The van der Waals surface area contributed by atoms with Crippen molar-refractivity contribution in [2.75, 3.05) is 18.9 Å². The number of aromatic nitrogens is 3. The summed E-state index contributed by atoms with van der Waals surface area (Å²) in [5.41, 5.74) is 7.52. The van der Waals surface area contributed by atoms with Gasteiger partial charge < -0.3 is 19.9 Å². The van der Waals surface area contributed by atoms with E-state index < -0.39 is 6.16 Å². The van der Waals surface area contributed by atoms with Crippen molar-refractivity contribution in [2.45, 2.75) is 38.9 Å². The van der Waals surface area contributed by atoms with Crippen molar-refractivity contribution in [2.24, 2.45) is 5.92 Å². The molecule has 0 bridgehead atoms. The van der Waals surface area contributed by atoms with Crippen LogP contribution in [0.25, 0.3) is 5.52 Å². The standard InChI is InChI=1S/C16H22N4O4/c1-10(2)7-22-16(21)23-8-11-3-6-14(24-11)12-4-5-13-15(17)18-9-19-20(12)13/h4-5,9-11,14H,3,6-8H2,1-2H3,(H2,17,18,19). The lowest BCUT2D eigenvalue weighted by Gasteiger charge is -2.14. The smallest absolute Gasteiger partial charge is 0.434 e. The Balaban J connectivity index is 1.55. The summed E-state index contributed by atoms with van der Waals surface area (Å²) in [5, 5.41) is 4.23.